The first kappa shape index (κ1) is 10.1. The first-order valence-corrected chi connectivity index (χ1v) is 15.3. The molecule has 0 aliphatic carbocycles. The molecule has 1 aliphatic heterocycles. The van der Waals surface area contributed by atoms with Crippen LogP contribution in [0, 0.1) is 0 Å². The maximum absolute atomic E-state index is 5.70. The SMILES string of the molecule is ClP1(Cl)=P(Cl)(Cl)[PH]1(Cl)Cl. The quantitative estimate of drug-likeness (QED) is 0.451. The summed E-state index contributed by atoms with van der Waals surface area (Å²) in [6.07, 6.45) is 0. The number of halogens is 6. The molecule has 58 valence electrons. The van der Waals surface area contributed by atoms with Crippen LogP contribution in [0.2, 0.25) is 0 Å². The second kappa shape index (κ2) is 2.51. The second-order valence-corrected chi connectivity index (χ2v) is 39.9. The molecule has 0 aromatic carbocycles. The van der Waals surface area contributed by atoms with Crippen LogP contribution in [0.15, 0.2) is 0 Å². The zero-order chi connectivity index (χ0) is 7.50. The Morgan fingerprint density at radius 1 is 0.778 bits per heavy atom. The Morgan fingerprint density at radius 2 is 0.889 bits per heavy atom. The molecule has 0 bridgehead atoms. The van der Waals surface area contributed by atoms with Gasteiger partial charge in [-0.05, 0) is 0 Å². The van der Waals surface area contributed by atoms with E-state index in [1.165, 1.54) is 0 Å². The van der Waals surface area contributed by atoms with Crippen LogP contribution in [0.3, 0.4) is 0 Å². The van der Waals surface area contributed by atoms with Crippen molar-refractivity contribution in [1.29, 1.82) is 0 Å². The van der Waals surface area contributed by atoms with Gasteiger partial charge in [-0.1, -0.05) is 0 Å². The van der Waals surface area contributed by atoms with E-state index in [4.69, 9.17) is 67.4 Å². The summed E-state index contributed by atoms with van der Waals surface area (Å²) >= 11 is 34.1. The van der Waals surface area contributed by atoms with E-state index in [-0.39, 0.29) is 0 Å². The first-order chi connectivity index (χ1) is 3.75. The van der Waals surface area contributed by atoms with Crippen molar-refractivity contribution in [1.82, 2.24) is 0 Å². The van der Waals surface area contributed by atoms with E-state index in [0.717, 1.165) is 0 Å². The van der Waals surface area contributed by atoms with Crippen molar-refractivity contribution in [3.63, 3.8) is 0 Å². The van der Waals surface area contributed by atoms with Crippen molar-refractivity contribution >= 4 is 82.7 Å². The summed E-state index contributed by atoms with van der Waals surface area (Å²) in [4.78, 5) is -4.58. The summed E-state index contributed by atoms with van der Waals surface area (Å²) in [5.74, 6) is 0. The van der Waals surface area contributed by atoms with Crippen molar-refractivity contribution in [2.24, 2.45) is 0 Å². The molecule has 1 heterocycles. The van der Waals surface area contributed by atoms with Crippen molar-refractivity contribution < 1.29 is 0 Å². The van der Waals surface area contributed by atoms with Gasteiger partial charge in [-0.3, -0.25) is 0 Å². The molecule has 0 radical (unpaired) electrons. The molecular formula is HCl6P3. The molecule has 0 nitrogen and oxygen atoms in total. The van der Waals surface area contributed by atoms with Crippen molar-refractivity contribution in [3.8, 4) is 0 Å². The monoisotopic (exact) mass is 304 g/mol. The third-order valence-electron chi connectivity index (χ3n) is 0.923. The minimum absolute atomic E-state index is 2.29. The van der Waals surface area contributed by atoms with Gasteiger partial charge in [0.2, 0.25) is 0 Å². The van der Waals surface area contributed by atoms with Crippen LogP contribution in [-0.2, 0) is 0 Å². The van der Waals surface area contributed by atoms with E-state index in [1.807, 2.05) is 0 Å². The van der Waals surface area contributed by atoms with E-state index in [9.17, 15) is 0 Å². The Kier molecular flexibility index (Phi) is 2.82. The van der Waals surface area contributed by atoms with Crippen LogP contribution in [0.25, 0.3) is 0 Å². The van der Waals surface area contributed by atoms with Crippen molar-refractivity contribution in [2.45, 2.75) is 0 Å². The van der Waals surface area contributed by atoms with Gasteiger partial charge in [-0.15, -0.1) is 0 Å². The van der Waals surface area contributed by atoms with Gasteiger partial charge >= 0.3 is 82.7 Å². The molecule has 0 saturated carbocycles. The van der Waals surface area contributed by atoms with Crippen LogP contribution in [-0.4, -0.2) is 0 Å². The summed E-state index contributed by atoms with van der Waals surface area (Å²) in [6, 6.07) is 0. The second-order valence-electron chi connectivity index (χ2n) is 1.48. The third-order valence-corrected chi connectivity index (χ3v) is 69.4. The predicted octanol–water partition coefficient (Wildman–Crippen LogP) is 6.45. The van der Waals surface area contributed by atoms with Gasteiger partial charge in [-0.2, -0.15) is 0 Å². The summed E-state index contributed by atoms with van der Waals surface area (Å²) in [5.41, 5.74) is 0. The van der Waals surface area contributed by atoms with E-state index < -0.39 is 15.2 Å². The molecule has 1 aliphatic rings. The summed E-state index contributed by atoms with van der Waals surface area (Å²) < 4.78 is 0. The summed E-state index contributed by atoms with van der Waals surface area (Å²) in [7, 11) is 0. The number of rotatable bonds is 0. The molecule has 0 amide bonds. The molecule has 0 unspecified atom stereocenters. The molecule has 0 aromatic rings. The Balaban J connectivity index is 3.15. The summed E-state index contributed by atoms with van der Waals surface area (Å²) in [6.45, 7) is 0. The molecule has 0 fully saturated rings. The van der Waals surface area contributed by atoms with Gasteiger partial charge < -0.3 is 0 Å². The third kappa shape index (κ3) is 1.14. The Bertz CT molecular complexity index is 190. The van der Waals surface area contributed by atoms with Crippen molar-refractivity contribution in [3.05, 3.63) is 0 Å². The molecule has 0 aromatic heterocycles. The standard InChI is InChI=1S/Cl6HP3/c1-7(2)8(3,4)9(7,5)6/h7H. The number of hydrogen-bond acceptors (Lipinski definition) is 0. The molecule has 1 rings (SSSR count). The predicted molar refractivity (Wildman–Crippen MR) is 57.3 cm³/mol. The van der Waals surface area contributed by atoms with Gasteiger partial charge in [0.25, 0.3) is 0 Å². The van der Waals surface area contributed by atoms with E-state index in [1.54, 1.807) is 0 Å². The Morgan fingerprint density at radius 3 is 0.889 bits per heavy atom. The average molecular weight is 307 g/mol. The molecule has 0 saturated heterocycles. The molecular weight excluding hydrogens is 306 g/mol. The molecule has 0 atom stereocenters. The van der Waals surface area contributed by atoms with Crippen LogP contribution >= 0.6 is 82.7 Å². The van der Waals surface area contributed by atoms with E-state index >= 15 is 0 Å². The fourth-order valence-corrected chi connectivity index (χ4v) is 67.3. The average Bonchev–Trinajstić information content (AvgIpc) is 1.84. The minimum atomic E-state index is -2.59. The van der Waals surface area contributed by atoms with Gasteiger partial charge in [0, 0.05) is 0 Å². The number of hydrogen-bond donors (Lipinski definition) is 0. The van der Waals surface area contributed by atoms with Crippen LogP contribution in [0.5, 0.6) is 0 Å². The maximum atomic E-state index is 5.70. The van der Waals surface area contributed by atoms with Crippen molar-refractivity contribution in [2.75, 3.05) is 0 Å². The Labute approximate surface area is 82.1 Å². The summed E-state index contributed by atoms with van der Waals surface area (Å²) in [5, 5.41) is -2.59. The van der Waals surface area contributed by atoms with Gasteiger partial charge in [0.05, 0.1) is 0 Å². The van der Waals surface area contributed by atoms with Gasteiger partial charge in [0.15, 0.2) is 0 Å². The van der Waals surface area contributed by atoms with E-state index in [2.05, 4.69) is 0 Å². The molecule has 0 N–H and O–H groups in total. The zero-order valence-corrected chi connectivity index (χ0v) is 11.0. The fraction of sp³-hybridized carbons (Fsp3) is 0. The molecule has 0 spiro atoms. The normalized spacial score (nSPS) is 37.6. The zero-order valence-electron chi connectivity index (χ0n) is 3.66. The van der Waals surface area contributed by atoms with Crippen LogP contribution < -0.4 is 0 Å². The van der Waals surface area contributed by atoms with Crippen LogP contribution in [0.1, 0.15) is 0 Å². The first-order valence-electron chi connectivity index (χ1n) is 1.70. The van der Waals surface area contributed by atoms with Gasteiger partial charge in [0.1, 0.15) is 0 Å². The Hall–Kier alpha value is 3.03. The van der Waals surface area contributed by atoms with Gasteiger partial charge in [-0.25, -0.2) is 0 Å². The van der Waals surface area contributed by atoms with Crippen LogP contribution in [0.4, 0.5) is 0 Å². The fourth-order valence-electron chi connectivity index (χ4n) is 0.277. The molecule has 9 heavy (non-hydrogen) atoms. The van der Waals surface area contributed by atoms with E-state index in [0.29, 0.717) is 0 Å². The molecule has 9 heteroatoms. The topological polar surface area (TPSA) is 0 Å².